The molecular weight excluding hydrogens is 410 g/mol. The number of amides is 1. The second-order valence-corrected chi connectivity index (χ2v) is 8.57. The number of aromatic nitrogens is 2. The molecule has 1 saturated heterocycles. The van der Waals surface area contributed by atoms with Crippen molar-refractivity contribution >= 4 is 11.9 Å². The predicted molar refractivity (Wildman–Crippen MR) is 116 cm³/mol. The fourth-order valence-corrected chi connectivity index (χ4v) is 4.39. The number of carbonyl (C=O) groups excluding carboxylic acids is 2. The molecule has 2 atom stereocenters. The molecule has 1 amide bonds. The molecule has 1 aliphatic carbocycles. The van der Waals surface area contributed by atoms with E-state index in [4.69, 9.17) is 4.74 Å². The van der Waals surface area contributed by atoms with E-state index in [0.717, 1.165) is 12.1 Å². The minimum atomic E-state index is -1.68. The highest BCUT2D eigenvalue weighted by Gasteiger charge is 2.42. The van der Waals surface area contributed by atoms with Gasteiger partial charge in [0.25, 0.3) is 5.91 Å². The summed E-state index contributed by atoms with van der Waals surface area (Å²) in [5.41, 5.74) is -0.189. The minimum absolute atomic E-state index is 0.122. The van der Waals surface area contributed by atoms with Crippen molar-refractivity contribution in [3.8, 4) is 17.5 Å². The second kappa shape index (κ2) is 8.08. The summed E-state index contributed by atoms with van der Waals surface area (Å²) in [5.74, 6) is 4.66. The van der Waals surface area contributed by atoms with Crippen LogP contribution in [0, 0.1) is 11.8 Å². The van der Waals surface area contributed by atoms with Crippen molar-refractivity contribution in [2.45, 2.75) is 50.7 Å². The SMILES string of the molecule is CCOC(=O)c1nn(-c2cccc(C#C[C@]3(O)CCN(C)C3=O)c2)c2c1C(C)(O)CCC2. The normalized spacial score (nSPS) is 24.7. The van der Waals surface area contributed by atoms with Crippen molar-refractivity contribution in [3.63, 3.8) is 0 Å². The average Bonchev–Trinajstić information content (AvgIpc) is 3.28. The maximum atomic E-state index is 12.6. The minimum Gasteiger partial charge on any atom is -0.461 e. The molecule has 2 aromatic rings. The Morgan fingerprint density at radius 3 is 2.78 bits per heavy atom. The van der Waals surface area contributed by atoms with Crippen molar-refractivity contribution in [3.05, 3.63) is 46.8 Å². The third-order valence-electron chi connectivity index (χ3n) is 6.08. The van der Waals surface area contributed by atoms with Gasteiger partial charge < -0.3 is 19.8 Å². The molecule has 1 aromatic carbocycles. The zero-order valence-corrected chi connectivity index (χ0v) is 18.5. The standard InChI is InChI=1S/C24H27N3O5/c1-4-32-21(28)20-19-18(9-6-11-23(19,2)30)27(25-20)17-8-5-7-16(15-17)10-12-24(31)13-14-26(3)22(24)29/h5,7-8,15,30-31H,4,6,9,11,13-14H2,1-3H3/t23?,24-/m0/s1. The number of rotatable bonds is 3. The molecule has 0 saturated carbocycles. The quantitative estimate of drug-likeness (QED) is 0.558. The van der Waals surface area contributed by atoms with Gasteiger partial charge in [-0.3, -0.25) is 4.79 Å². The van der Waals surface area contributed by atoms with Crippen LogP contribution in [-0.4, -0.2) is 62.6 Å². The number of benzene rings is 1. The van der Waals surface area contributed by atoms with Gasteiger partial charge in [0.05, 0.1) is 23.6 Å². The lowest BCUT2D eigenvalue weighted by molar-refractivity contribution is -0.137. The number of likely N-dealkylation sites (N-methyl/N-ethyl adjacent to an activating group) is 1. The van der Waals surface area contributed by atoms with E-state index in [1.54, 1.807) is 43.8 Å². The third-order valence-corrected chi connectivity index (χ3v) is 6.08. The zero-order chi connectivity index (χ0) is 23.1. The van der Waals surface area contributed by atoms with Crippen molar-refractivity contribution in [1.82, 2.24) is 14.7 Å². The zero-order valence-electron chi connectivity index (χ0n) is 18.5. The van der Waals surface area contributed by atoms with Crippen LogP contribution in [0.1, 0.15) is 60.4 Å². The van der Waals surface area contributed by atoms with Crippen molar-refractivity contribution in [2.24, 2.45) is 0 Å². The Balaban J connectivity index is 1.75. The van der Waals surface area contributed by atoms with Gasteiger partial charge in [-0.05, 0) is 51.3 Å². The highest BCUT2D eigenvalue weighted by Crippen LogP contribution is 2.38. The molecule has 2 heterocycles. The number of fused-ring (bicyclic) bond motifs is 1. The summed E-state index contributed by atoms with van der Waals surface area (Å²) >= 11 is 0. The molecule has 2 aliphatic rings. The Labute approximate surface area is 186 Å². The smallest absolute Gasteiger partial charge is 0.359 e. The molecule has 8 nitrogen and oxygen atoms in total. The summed E-state index contributed by atoms with van der Waals surface area (Å²) in [6, 6.07) is 7.19. The third kappa shape index (κ3) is 3.78. The molecule has 32 heavy (non-hydrogen) atoms. The molecule has 1 aromatic heterocycles. The number of aliphatic hydroxyl groups is 2. The van der Waals surface area contributed by atoms with E-state index in [1.807, 2.05) is 6.07 Å². The summed E-state index contributed by atoms with van der Waals surface area (Å²) in [7, 11) is 1.64. The highest BCUT2D eigenvalue weighted by molar-refractivity contribution is 5.91. The number of carbonyl (C=O) groups is 2. The Morgan fingerprint density at radius 2 is 2.09 bits per heavy atom. The van der Waals surface area contributed by atoms with E-state index in [-0.39, 0.29) is 18.7 Å². The molecule has 4 rings (SSSR count). The molecule has 1 unspecified atom stereocenters. The van der Waals surface area contributed by atoms with Crippen LogP contribution < -0.4 is 0 Å². The summed E-state index contributed by atoms with van der Waals surface area (Å²) in [6.45, 7) is 4.09. The lowest BCUT2D eigenvalue weighted by Gasteiger charge is -2.29. The molecule has 0 bridgehead atoms. The first kappa shape index (κ1) is 22.1. The van der Waals surface area contributed by atoms with Gasteiger partial charge in [-0.2, -0.15) is 5.10 Å². The van der Waals surface area contributed by atoms with E-state index in [0.29, 0.717) is 36.2 Å². The van der Waals surface area contributed by atoms with Gasteiger partial charge in [0, 0.05) is 31.1 Å². The number of likely N-dealkylation sites (tertiary alicyclic amines) is 1. The van der Waals surface area contributed by atoms with Crippen LogP contribution in [0.15, 0.2) is 24.3 Å². The Morgan fingerprint density at radius 1 is 1.31 bits per heavy atom. The van der Waals surface area contributed by atoms with E-state index in [2.05, 4.69) is 16.9 Å². The Kier molecular flexibility index (Phi) is 5.57. The van der Waals surface area contributed by atoms with Crippen molar-refractivity contribution in [2.75, 3.05) is 20.2 Å². The first-order chi connectivity index (χ1) is 15.2. The van der Waals surface area contributed by atoms with E-state index >= 15 is 0 Å². The van der Waals surface area contributed by atoms with E-state index in [9.17, 15) is 19.8 Å². The summed E-state index contributed by atoms with van der Waals surface area (Å²) in [6.07, 6.45) is 2.22. The monoisotopic (exact) mass is 437 g/mol. The van der Waals surface area contributed by atoms with Crippen molar-refractivity contribution in [1.29, 1.82) is 0 Å². The molecule has 1 aliphatic heterocycles. The molecule has 2 N–H and O–H groups in total. The van der Waals surface area contributed by atoms with Gasteiger partial charge in [0.2, 0.25) is 5.60 Å². The first-order valence-electron chi connectivity index (χ1n) is 10.8. The molecule has 1 fully saturated rings. The van der Waals surface area contributed by atoms with Gasteiger partial charge in [0.15, 0.2) is 5.69 Å². The van der Waals surface area contributed by atoms with Gasteiger partial charge in [-0.1, -0.05) is 17.9 Å². The molecule has 0 radical (unpaired) electrons. The molecular formula is C24H27N3O5. The molecule has 168 valence electrons. The lowest BCUT2D eigenvalue weighted by atomic mass is 9.82. The second-order valence-electron chi connectivity index (χ2n) is 8.57. The van der Waals surface area contributed by atoms with Gasteiger partial charge in [-0.15, -0.1) is 0 Å². The highest BCUT2D eigenvalue weighted by atomic mass is 16.5. The Bertz CT molecular complexity index is 1140. The molecule has 0 spiro atoms. The maximum absolute atomic E-state index is 12.6. The topological polar surface area (TPSA) is 105 Å². The van der Waals surface area contributed by atoms with Gasteiger partial charge in [-0.25, -0.2) is 9.48 Å². The van der Waals surface area contributed by atoms with Crippen LogP contribution in [0.3, 0.4) is 0 Å². The van der Waals surface area contributed by atoms with Crippen molar-refractivity contribution < 1.29 is 24.5 Å². The van der Waals surface area contributed by atoms with Crippen LogP contribution in [-0.2, 0) is 21.6 Å². The summed E-state index contributed by atoms with van der Waals surface area (Å²) in [4.78, 5) is 26.2. The number of nitrogens with zero attached hydrogens (tertiary/aromatic N) is 3. The average molecular weight is 437 g/mol. The lowest BCUT2D eigenvalue weighted by Crippen LogP contribution is -2.37. The van der Waals surface area contributed by atoms with Gasteiger partial charge >= 0.3 is 5.97 Å². The van der Waals surface area contributed by atoms with E-state index in [1.165, 1.54) is 4.90 Å². The number of ether oxygens (including phenoxy) is 1. The number of hydrogen-bond donors (Lipinski definition) is 2. The largest absolute Gasteiger partial charge is 0.461 e. The Hall–Kier alpha value is -3.15. The van der Waals surface area contributed by atoms with Crippen LogP contribution >= 0.6 is 0 Å². The first-order valence-corrected chi connectivity index (χ1v) is 10.8. The van der Waals surface area contributed by atoms with E-state index < -0.39 is 23.1 Å². The number of hydrogen-bond acceptors (Lipinski definition) is 6. The molecule has 8 heteroatoms. The van der Waals surface area contributed by atoms with Crippen LogP contribution in [0.2, 0.25) is 0 Å². The summed E-state index contributed by atoms with van der Waals surface area (Å²) < 4.78 is 6.83. The van der Waals surface area contributed by atoms with Crippen LogP contribution in [0.5, 0.6) is 0 Å². The van der Waals surface area contributed by atoms with Crippen LogP contribution in [0.25, 0.3) is 5.69 Å². The van der Waals surface area contributed by atoms with Crippen LogP contribution in [0.4, 0.5) is 0 Å². The fourth-order valence-electron chi connectivity index (χ4n) is 4.39. The number of esters is 1. The fraction of sp³-hybridized carbons (Fsp3) is 0.458. The van der Waals surface area contributed by atoms with Gasteiger partial charge in [0.1, 0.15) is 0 Å². The summed E-state index contributed by atoms with van der Waals surface area (Å²) in [5, 5.41) is 26.0. The maximum Gasteiger partial charge on any atom is 0.359 e. The predicted octanol–water partition coefficient (Wildman–Crippen LogP) is 1.54.